The molecule has 0 saturated carbocycles. The summed E-state index contributed by atoms with van der Waals surface area (Å²) < 4.78 is 23.1. The summed E-state index contributed by atoms with van der Waals surface area (Å²) in [7, 11) is 0. The number of ether oxygens (including phenoxy) is 3. The van der Waals surface area contributed by atoms with Gasteiger partial charge < -0.3 is 18.6 Å². The molecule has 2 aromatic carbocycles. The number of fused-ring (bicyclic) bond motifs is 1. The first-order valence-corrected chi connectivity index (χ1v) is 13.0. The van der Waals surface area contributed by atoms with E-state index in [1.165, 1.54) is 5.57 Å². The molecule has 0 unspecified atom stereocenters. The number of allylic oxidation sites excluding steroid dienone is 4. The van der Waals surface area contributed by atoms with E-state index in [1.54, 1.807) is 42.5 Å². The first-order chi connectivity index (χ1) is 18.4. The topological polar surface area (TPSA) is 75.0 Å². The summed E-state index contributed by atoms with van der Waals surface area (Å²) in [6, 6.07) is 13.8. The Labute approximate surface area is 224 Å². The van der Waals surface area contributed by atoms with Crippen molar-refractivity contribution in [2.24, 2.45) is 0 Å². The van der Waals surface area contributed by atoms with Gasteiger partial charge in [-0.25, -0.2) is 9.59 Å². The fourth-order valence-electron chi connectivity index (χ4n) is 3.70. The Bertz CT molecular complexity index is 1360. The highest BCUT2D eigenvalue weighted by molar-refractivity contribution is 5.96. The maximum atomic E-state index is 13.1. The highest BCUT2D eigenvalue weighted by Gasteiger charge is 2.23. The quantitative estimate of drug-likeness (QED) is 0.0998. The zero-order valence-corrected chi connectivity index (χ0v) is 22.6. The van der Waals surface area contributed by atoms with Crippen molar-refractivity contribution < 1.29 is 23.4 Å². The zero-order valence-electron chi connectivity index (χ0n) is 22.6. The Morgan fingerprint density at radius 3 is 2.42 bits per heavy atom. The molecule has 0 fully saturated rings. The average Bonchev–Trinajstić information content (AvgIpc) is 2.90. The molecule has 0 aliphatic rings. The predicted molar refractivity (Wildman–Crippen MR) is 151 cm³/mol. The largest absolute Gasteiger partial charge is 0.489 e. The van der Waals surface area contributed by atoms with Crippen LogP contribution in [0.4, 0.5) is 0 Å². The van der Waals surface area contributed by atoms with E-state index in [0.29, 0.717) is 29.7 Å². The first-order valence-electron chi connectivity index (χ1n) is 13.0. The lowest BCUT2D eigenvalue weighted by atomic mass is 10.1. The van der Waals surface area contributed by atoms with Crippen LogP contribution >= 0.6 is 0 Å². The highest BCUT2D eigenvalue weighted by atomic mass is 16.6. The van der Waals surface area contributed by atoms with Crippen molar-refractivity contribution >= 4 is 16.9 Å². The minimum Gasteiger partial charge on any atom is -0.489 e. The third-order valence-electron chi connectivity index (χ3n) is 5.71. The van der Waals surface area contributed by atoms with Gasteiger partial charge in [0.2, 0.25) is 5.75 Å². The third-order valence-corrected chi connectivity index (χ3v) is 5.71. The van der Waals surface area contributed by atoms with Crippen LogP contribution in [-0.2, 0) is 0 Å². The second-order valence-corrected chi connectivity index (χ2v) is 9.13. The van der Waals surface area contributed by atoms with Gasteiger partial charge >= 0.3 is 11.6 Å². The zero-order chi connectivity index (χ0) is 27.3. The monoisotopic (exact) mass is 516 g/mol. The van der Waals surface area contributed by atoms with Gasteiger partial charge in [0.25, 0.3) is 0 Å². The van der Waals surface area contributed by atoms with Crippen molar-refractivity contribution in [3.63, 3.8) is 0 Å². The van der Waals surface area contributed by atoms with Crippen molar-refractivity contribution in [3.8, 4) is 17.2 Å². The van der Waals surface area contributed by atoms with Gasteiger partial charge in [0.15, 0.2) is 17.1 Å². The molecule has 0 N–H and O–H groups in total. The molecule has 0 saturated heterocycles. The minimum atomic E-state index is -0.745. The van der Waals surface area contributed by atoms with Crippen molar-refractivity contribution in [1.29, 1.82) is 0 Å². The maximum Gasteiger partial charge on any atom is 0.383 e. The molecule has 38 heavy (non-hydrogen) atoms. The van der Waals surface area contributed by atoms with E-state index in [0.717, 1.165) is 24.8 Å². The standard InChI is InChI=1S/C32H36O6/c1-5-6-7-11-21-35-27-19-13-18-26-28(27)37-32(34)30(36-22-20-24(4)15-12-14-23(2)3)29(26)38-31(33)25-16-9-8-10-17-25/h6-10,13-14,16-20H,5,11-12,15,21-22H2,1-4H3. The molecule has 6 heteroatoms. The van der Waals surface area contributed by atoms with Crippen LogP contribution in [0.2, 0.25) is 0 Å². The van der Waals surface area contributed by atoms with Gasteiger partial charge in [0.05, 0.1) is 17.6 Å². The van der Waals surface area contributed by atoms with E-state index in [4.69, 9.17) is 18.6 Å². The third kappa shape index (κ3) is 8.23. The fourth-order valence-corrected chi connectivity index (χ4v) is 3.70. The van der Waals surface area contributed by atoms with Gasteiger partial charge in [-0.2, -0.15) is 0 Å². The molecule has 200 valence electrons. The fraction of sp³-hybridized carbons (Fsp3) is 0.312. The molecule has 1 heterocycles. The van der Waals surface area contributed by atoms with Crippen LogP contribution in [0.15, 0.2) is 93.2 Å². The van der Waals surface area contributed by atoms with E-state index < -0.39 is 11.6 Å². The summed E-state index contributed by atoms with van der Waals surface area (Å²) in [5.41, 5.74) is 2.21. The van der Waals surface area contributed by atoms with E-state index in [1.807, 2.05) is 25.1 Å². The Hall–Kier alpha value is -4.06. The molecule has 0 amide bonds. The molecule has 6 nitrogen and oxygen atoms in total. The molecule has 0 aliphatic heterocycles. The molecular weight excluding hydrogens is 480 g/mol. The predicted octanol–water partition coefficient (Wildman–Crippen LogP) is 7.82. The van der Waals surface area contributed by atoms with Crippen LogP contribution in [0.25, 0.3) is 11.0 Å². The molecule has 0 aliphatic carbocycles. The number of benzene rings is 2. The molecule has 3 rings (SSSR count). The van der Waals surface area contributed by atoms with E-state index in [2.05, 4.69) is 32.9 Å². The summed E-state index contributed by atoms with van der Waals surface area (Å²) >= 11 is 0. The summed E-state index contributed by atoms with van der Waals surface area (Å²) in [5.74, 6) is -0.356. The van der Waals surface area contributed by atoms with Crippen LogP contribution in [0.3, 0.4) is 0 Å². The van der Waals surface area contributed by atoms with Crippen LogP contribution in [0.5, 0.6) is 17.2 Å². The number of rotatable bonds is 13. The highest BCUT2D eigenvalue weighted by Crippen LogP contribution is 2.37. The number of carbonyl (C=O) groups is 1. The first kappa shape index (κ1) is 28.5. The summed E-state index contributed by atoms with van der Waals surface area (Å²) in [5, 5.41) is 0.412. The molecule has 0 radical (unpaired) electrons. The van der Waals surface area contributed by atoms with Gasteiger partial charge in [-0.1, -0.05) is 60.6 Å². The number of carbonyl (C=O) groups excluding carboxylic acids is 1. The van der Waals surface area contributed by atoms with Crippen LogP contribution in [-0.4, -0.2) is 19.2 Å². The van der Waals surface area contributed by atoms with Gasteiger partial charge in [-0.15, -0.1) is 0 Å². The smallest absolute Gasteiger partial charge is 0.383 e. The van der Waals surface area contributed by atoms with Crippen LogP contribution < -0.4 is 19.8 Å². The number of esters is 1. The van der Waals surface area contributed by atoms with Crippen molar-refractivity contribution in [2.75, 3.05) is 13.2 Å². The lowest BCUT2D eigenvalue weighted by molar-refractivity contribution is 0.0730. The summed E-state index contributed by atoms with van der Waals surface area (Å²) in [6.45, 7) is 8.76. The Morgan fingerprint density at radius 1 is 0.895 bits per heavy atom. The number of hydrogen-bond acceptors (Lipinski definition) is 6. The second kappa shape index (κ2) is 14.6. The van der Waals surface area contributed by atoms with Crippen LogP contribution in [0, 0.1) is 0 Å². The van der Waals surface area contributed by atoms with Gasteiger partial charge in [-0.3, -0.25) is 0 Å². The van der Waals surface area contributed by atoms with Crippen molar-refractivity contribution in [3.05, 3.63) is 100.0 Å². The maximum absolute atomic E-state index is 13.1. The molecule has 0 atom stereocenters. The molecule has 1 aromatic heterocycles. The van der Waals surface area contributed by atoms with E-state index >= 15 is 0 Å². The molecule has 0 bridgehead atoms. The minimum absolute atomic E-state index is 0.0111. The lowest BCUT2D eigenvalue weighted by Gasteiger charge is -2.14. The lowest BCUT2D eigenvalue weighted by Crippen LogP contribution is -2.15. The van der Waals surface area contributed by atoms with Crippen molar-refractivity contribution in [1.82, 2.24) is 0 Å². The Balaban J connectivity index is 1.94. The number of hydrogen-bond donors (Lipinski definition) is 0. The molecule has 0 spiro atoms. The van der Waals surface area contributed by atoms with Gasteiger partial charge in [0.1, 0.15) is 6.61 Å². The Morgan fingerprint density at radius 2 is 1.68 bits per heavy atom. The molecule has 3 aromatic rings. The van der Waals surface area contributed by atoms with Gasteiger partial charge in [0, 0.05) is 0 Å². The van der Waals surface area contributed by atoms with Gasteiger partial charge in [-0.05, 0) is 76.8 Å². The SMILES string of the molecule is CCC=CCCOc1cccc2c(OC(=O)c3ccccc3)c(OCC=C(C)CCC=C(C)C)c(=O)oc12. The summed E-state index contributed by atoms with van der Waals surface area (Å²) in [6.07, 6.45) is 11.7. The summed E-state index contributed by atoms with van der Waals surface area (Å²) in [4.78, 5) is 26.1. The van der Waals surface area contributed by atoms with Crippen LogP contribution in [0.1, 0.15) is 63.7 Å². The van der Waals surface area contributed by atoms with E-state index in [-0.39, 0.29) is 23.7 Å². The van der Waals surface area contributed by atoms with Crippen molar-refractivity contribution in [2.45, 2.75) is 53.4 Å². The number of para-hydroxylation sites is 1. The normalized spacial score (nSPS) is 11.5. The molecular formula is C32H36O6. The Kier molecular flexibility index (Phi) is 11.0. The van der Waals surface area contributed by atoms with E-state index in [9.17, 15) is 9.59 Å². The average molecular weight is 517 g/mol. The second-order valence-electron chi connectivity index (χ2n) is 9.13.